The number of likely N-dealkylation sites (N-methyl/N-ethyl adjacent to an activating group) is 1. The molecule has 2 rings (SSSR count). The van der Waals surface area contributed by atoms with E-state index in [9.17, 15) is 4.79 Å². The third kappa shape index (κ3) is 5.36. The van der Waals surface area contributed by atoms with E-state index < -0.39 is 5.91 Å². The SMILES string of the molecule is CC(=Cc1ccc(C(=O)NO)cc1)CN(C)Cc1ccccc1. The van der Waals surface area contributed by atoms with Crippen molar-refractivity contribution < 1.29 is 10.0 Å². The third-order valence-corrected chi connectivity index (χ3v) is 3.50. The Hall–Kier alpha value is -2.43. The van der Waals surface area contributed by atoms with E-state index in [1.807, 2.05) is 18.2 Å². The monoisotopic (exact) mass is 310 g/mol. The lowest BCUT2D eigenvalue weighted by atomic mass is 10.1. The van der Waals surface area contributed by atoms with Crippen LogP contribution in [0.1, 0.15) is 28.4 Å². The first kappa shape index (κ1) is 16.9. The van der Waals surface area contributed by atoms with Crippen molar-refractivity contribution in [3.05, 3.63) is 76.9 Å². The zero-order valence-electron chi connectivity index (χ0n) is 13.5. The summed E-state index contributed by atoms with van der Waals surface area (Å²) in [5.74, 6) is -0.500. The number of hydrogen-bond acceptors (Lipinski definition) is 3. The lowest BCUT2D eigenvalue weighted by molar-refractivity contribution is 0.0706. The molecule has 4 heteroatoms. The second-order valence-corrected chi connectivity index (χ2v) is 5.71. The first-order chi connectivity index (χ1) is 11.1. The molecule has 4 nitrogen and oxygen atoms in total. The molecule has 0 fully saturated rings. The predicted octanol–water partition coefficient (Wildman–Crippen LogP) is 3.34. The number of hydrogen-bond donors (Lipinski definition) is 2. The lowest BCUT2D eigenvalue weighted by Crippen LogP contribution is -2.19. The fourth-order valence-corrected chi connectivity index (χ4v) is 2.50. The average molecular weight is 310 g/mol. The Balaban J connectivity index is 1.95. The van der Waals surface area contributed by atoms with Crippen molar-refractivity contribution in [3.63, 3.8) is 0 Å². The fraction of sp³-hybridized carbons (Fsp3) is 0.211. The molecule has 120 valence electrons. The summed E-state index contributed by atoms with van der Waals surface area (Å²) in [6, 6.07) is 17.5. The van der Waals surface area contributed by atoms with Gasteiger partial charge in [-0.15, -0.1) is 0 Å². The van der Waals surface area contributed by atoms with Crippen LogP contribution in [0.3, 0.4) is 0 Å². The Labute approximate surface area is 137 Å². The van der Waals surface area contributed by atoms with Crippen LogP contribution in [0.5, 0.6) is 0 Å². The van der Waals surface area contributed by atoms with Gasteiger partial charge in [0.1, 0.15) is 0 Å². The maximum atomic E-state index is 11.3. The van der Waals surface area contributed by atoms with Crippen LogP contribution in [0.4, 0.5) is 0 Å². The molecule has 23 heavy (non-hydrogen) atoms. The molecule has 2 N–H and O–H groups in total. The van der Waals surface area contributed by atoms with Gasteiger partial charge in [-0.1, -0.05) is 54.1 Å². The van der Waals surface area contributed by atoms with Gasteiger partial charge in [-0.05, 0) is 37.2 Å². The number of nitrogens with zero attached hydrogens (tertiary/aromatic N) is 1. The van der Waals surface area contributed by atoms with Gasteiger partial charge in [0.05, 0.1) is 0 Å². The highest BCUT2D eigenvalue weighted by Gasteiger charge is 2.04. The molecule has 0 aliphatic carbocycles. The number of benzene rings is 2. The number of carbonyl (C=O) groups excluding carboxylic acids is 1. The summed E-state index contributed by atoms with van der Waals surface area (Å²) in [6.45, 7) is 3.87. The first-order valence-electron chi connectivity index (χ1n) is 7.52. The molecular formula is C19H22N2O2. The van der Waals surface area contributed by atoms with Gasteiger partial charge in [-0.25, -0.2) is 5.48 Å². The van der Waals surface area contributed by atoms with E-state index in [2.05, 4.69) is 49.2 Å². The van der Waals surface area contributed by atoms with Gasteiger partial charge in [-0.3, -0.25) is 14.9 Å². The summed E-state index contributed by atoms with van der Waals surface area (Å²) in [4.78, 5) is 13.5. The summed E-state index contributed by atoms with van der Waals surface area (Å²) in [5.41, 5.74) is 5.63. The lowest BCUT2D eigenvalue weighted by Gasteiger charge is -2.17. The molecule has 0 aliphatic rings. The summed E-state index contributed by atoms with van der Waals surface area (Å²) >= 11 is 0. The van der Waals surface area contributed by atoms with Gasteiger partial charge >= 0.3 is 0 Å². The van der Waals surface area contributed by atoms with Crippen LogP contribution in [0, 0.1) is 0 Å². The minimum absolute atomic E-state index is 0.434. The standard InChI is InChI=1S/C19H22N2O2/c1-15(13-21(2)14-17-6-4-3-5-7-17)12-16-8-10-18(11-9-16)19(22)20-23/h3-12,23H,13-14H2,1-2H3,(H,20,22). The Morgan fingerprint density at radius 2 is 1.78 bits per heavy atom. The molecule has 0 saturated carbocycles. The van der Waals surface area contributed by atoms with E-state index in [4.69, 9.17) is 5.21 Å². The molecule has 0 saturated heterocycles. The highest BCUT2D eigenvalue weighted by atomic mass is 16.5. The molecule has 0 heterocycles. The van der Waals surface area contributed by atoms with Crippen LogP contribution < -0.4 is 5.48 Å². The smallest absolute Gasteiger partial charge is 0.274 e. The molecule has 0 bridgehead atoms. The maximum Gasteiger partial charge on any atom is 0.274 e. The molecule has 1 amide bonds. The molecule has 0 unspecified atom stereocenters. The quantitative estimate of drug-likeness (QED) is 0.635. The van der Waals surface area contributed by atoms with Crippen molar-refractivity contribution >= 4 is 12.0 Å². The molecule has 2 aromatic carbocycles. The van der Waals surface area contributed by atoms with Crippen LogP contribution in [-0.4, -0.2) is 29.6 Å². The Morgan fingerprint density at radius 1 is 1.13 bits per heavy atom. The van der Waals surface area contributed by atoms with E-state index in [0.29, 0.717) is 5.56 Å². The highest BCUT2D eigenvalue weighted by molar-refractivity contribution is 5.93. The van der Waals surface area contributed by atoms with Crippen LogP contribution >= 0.6 is 0 Å². The second kappa shape index (κ2) is 8.27. The van der Waals surface area contributed by atoms with Crippen LogP contribution in [0.15, 0.2) is 60.2 Å². The highest BCUT2D eigenvalue weighted by Crippen LogP contribution is 2.11. The van der Waals surface area contributed by atoms with Crippen molar-refractivity contribution in [3.8, 4) is 0 Å². The van der Waals surface area contributed by atoms with Gasteiger partial charge in [0, 0.05) is 18.7 Å². The van der Waals surface area contributed by atoms with Gasteiger partial charge in [0.25, 0.3) is 5.91 Å². The molecule has 0 atom stereocenters. The summed E-state index contributed by atoms with van der Waals surface area (Å²) in [7, 11) is 2.10. The number of amides is 1. The topological polar surface area (TPSA) is 52.6 Å². The van der Waals surface area contributed by atoms with Crippen LogP contribution in [0.2, 0.25) is 0 Å². The molecule has 0 radical (unpaired) electrons. The van der Waals surface area contributed by atoms with Crippen molar-refractivity contribution in [2.45, 2.75) is 13.5 Å². The number of rotatable bonds is 6. The molecule has 0 aromatic heterocycles. The van der Waals surface area contributed by atoms with Crippen molar-refractivity contribution in [1.29, 1.82) is 0 Å². The Bertz CT molecular complexity index is 664. The average Bonchev–Trinajstić information content (AvgIpc) is 2.55. The van der Waals surface area contributed by atoms with E-state index in [-0.39, 0.29) is 0 Å². The van der Waals surface area contributed by atoms with Crippen molar-refractivity contribution in [2.24, 2.45) is 0 Å². The molecule has 0 spiro atoms. The van der Waals surface area contributed by atoms with E-state index in [1.165, 1.54) is 11.1 Å². The molecule has 2 aromatic rings. The van der Waals surface area contributed by atoms with E-state index >= 15 is 0 Å². The van der Waals surface area contributed by atoms with E-state index in [1.54, 1.807) is 17.6 Å². The summed E-state index contributed by atoms with van der Waals surface area (Å²) in [5, 5.41) is 8.61. The van der Waals surface area contributed by atoms with Gasteiger partial charge < -0.3 is 0 Å². The Morgan fingerprint density at radius 3 is 2.39 bits per heavy atom. The minimum atomic E-state index is -0.500. The zero-order chi connectivity index (χ0) is 16.7. The summed E-state index contributed by atoms with van der Waals surface area (Å²) < 4.78 is 0. The number of hydroxylamine groups is 1. The van der Waals surface area contributed by atoms with Crippen molar-refractivity contribution in [1.82, 2.24) is 10.4 Å². The maximum absolute atomic E-state index is 11.3. The number of carbonyl (C=O) groups is 1. The van der Waals surface area contributed by atoms with Crippen LogP contribution in [-0.2, 0) is 6.54 Å². The fourth-order valence-electron chi connectivity index (χ4n) is 2.50. The number of nitrogens with one attached hydrogen (secondary N) is 1. The summed E-state index contributed by atoms with van der Waals surface area (Å²) in [6.07, 6.45) is 2.10. The largest absolute Gasteiger partial charge is 0.298 e. The van der Waals surface area contributed by atoms with Gasteiger partial charge in [0.2, 0.25) is 0 Å². The third-order valence-electron chi connectivity index (χ3n) is 3.50. The minimum Gasteiger partial charge on any atom is -0.298 e. The Kier molecular flexibility index (Phi) is 6.09. The molecular weight excluding hydrogens is 288 g/mol. The first-order valence-corrected chi connectivity index (χ1v) is 7.52. The van der Waals surface area contributed by atoms with Gasteiger partial charge in [-0.2, -0.15) is 0 Å². The second-order valence-electron chi connectivity index (χ2n) is 5.71. The van der Waals surface area contributed by atoms with E-state index in [0.717, 1.165) is 18.7 Å². The zero-order valence-corrected chi connectivity index (χ0v) is 13.5. The van der Waals surface area contributed by atoms with Gasteiger partial charge in [0.15, 0.2) is 0 Å². The van der Waals surface area contributed by atoms with Crippen molar-refractivity contribution in [2.75, 3.05) is 13.6 Å². The molecule has 0 aliphatic heterocycles. The normalized spacial score (nSPS) is 11.6. The van der Waals surface area contributed by atoms with Crippen LogP contribution in [0.25, 0.3) is 6.08 Å². The predicted molar refractivity (Wildman–Crippen MR) is 92.1 cm³/mol.